The molecule has 0 radical (unpaired) electrons. The van der Waals surface area contributed by atoms with E-state index >= 15 is 0 Å². The molecule has 2 atom stereocenters. The molecule has 5 rings (SSSR count). The smallest absolute Gasteiger partial charge is 0.228 e. The van der Waals surface area contributed by atoms with Crippen molar-refractivity contribution in [2.24, 2.45) is 0 Å². The number of hydrogen-bond donors (Lipinski definition) is 2. The van der Waals surface area contributed by atoms with Gasteiger partial charge in [-0.15, -0.1) is 0 Å². The summed E-state index contributed by atoms with van der Waals surface area (Å²) in [6, 6.07) is 0.132. The van der Waals surface area contributed by atoms with E-state index in [-0.39, 0.29) is 17.2 Å². The quantitative estimate of drug-likeness (QED) is 0.635. The number of nitrogens with two attached hydrogens (primary N) is 1. The molecule has 0 spiro atoms. The minimum Gasteiger partial charge on any atom is -0.378 e. The second-order valence-corrected chi connectivity index (χ2v) is 10.6. The van der Waals surface area contributed by atoms with Gasteiger partial charge in [-0.25, -0.2) is 28.1 Å². The molecule has 32 heavy (non-hydrogen) atoms. The second-order valence-electron chi connectivity index (χ2n) is 8.39. The lowest BCUT2D eigenvalue weighted by atomic mass is 10.1. The topological polar surface area (TPSA) is 139 Å². The van der Waals surface area contributed by atoms with Crippen LogP contribution in [0.4, 0.5) is 17.7 Å². The summed E-state index contributed by atoms with van der Waals surface area (Å²) in [6.07, 6.45) is 6.25. The van der Waals surface area contributed by atoms with Crippen molar-refractivity contribution in [3.05, 3.63) is 18.0 Å². The van der Waals surface area contributed by atoms with Crippen molar-refractivity contribution in [3.8, 4) is 11.3 Å². The number of nitrogens with one attached hydrogen (secondary N) is 1. The molecular weight excluding hydrogens is 432 g/mol. The van der Waals surface area contributed by atoms with Gasteiger partial charge in [-0.1, -0.05) is 0 Å². The molecule has 1 aliphatic carbocycles. The zero-order valence-electron chi connectivity index (χ0n) is 18.1. The largest absolute Gasteiger partial charge is 0.378 e. The number of anilines is 3. The lowest BCUT2D eigenvalue weighted by Crippen LogP contribution is -2.38. The van der Waals surface area contributed by atoms with Gasteiger partial charge in [-0.2, -0.15) is 4.98 Å². The third-order valence-corrected chi connectivity index (χ3v) is 8.48. The van der Waals surface area contributed by atoms with Crippen LogP contribution in [-0.4, -0.2) is 79.5 Å². The van der Waals surface area contributed by atoms with Gasteiger partial charge < -0.3 is 20.3 Å². The molecule has 1 saturated carbocycles. The van der Waals surface area contributed by atoms with E-state index in [1.165, 1.54) is 7.05 Å². The monoisotopic (exact) mass is 460 g/mol. The van der Waals surface area contributed by atoms with Crippen LogP contribution in [0.3, 0.4) is 0 Å². The third-order valence-electron chi connectivity index (χ3n) is 6.61. The van der Waals surface area contributed by atoms with Gasteiger partial charge in [0.25, 0.3) is 0 Å². The number of nitrogen functional groups attached to an aromatic ring is 1. The van der Waals surface area contributed by atoms with Crippen molar-refractivity contribution >= 4 is 27.7 Å². The van der Waals surface area contributed by atoms with Crippen molar-refractivity contribution < 1.29 is 13.2 Å². The zero-order chi connectivity index (χ0) is 22.3. The van der Waals surface area contributed by atoms with Crippen molar-refractivity contribution in [2.75, 3.05) is 55.4 Å². The van der Waals surface area contributed by atoms with E-state index in [9.17, 15) is 8.42 Å². The highest BCUT2D eigenvalue weighted by atomic mass is 32.2. The highest BCUT2D eigenvalue weighted by Gasteiger charge is 2.40. The molecule has 3 aliphatic rings. The highest BCUT2D eigenvalue weighted by molar-refractivity contribution is 7.90. The molecule has 2 aliphatic heterocycles. The van der Waals surface area contributed by atoms with Gasteiger partial charge in [-0.05, 0) is 32.7 Å². The molecule has 1 saturated heterocycles. The first-order chi connectivity index (χ1) is 15.5. The lowest BCUT2D eigenvalue weighted by Gasteiger charge is -2.30. The van der Waals surface area contributed by atoms with Gasteiger partial charge in [0.15, 0.2) is 0 Å². The Kier molecular flexibility index (Phi) is 5.59. The summed E-state index contributed by atoms with van der Waals surface area (Å²) < 4.78 is 32.7. The molecular formula is C20H28N8O3S. The number of fused-ring (bicyclic) bond motifs is 1. The summed E-state index contributed by atoms with van der Waals surface area (Å²) in [4.78, 5) is 22.6. The van der Waals surface area contributed by atoms with Crippen LogP contribution in [0.1, 0.15) is 24.8 Å². The number of aromatic nitrogens is 4. The number of sulfonamides is 1. The number of morpholine rings is 1. The predicted molar refractivity (Wildman–Crippen MR) is 121 cm³/mol. The normalized spacial score (nSPS) is 23.5. The average Bonchev–Trinajstić information content (AvgIpc) is 3.47. The Morgan fingerprint density at radius 2 is 1.88 bits per heavy atom. The van der Waals surface area contributed by atoms with Crippen LogP contribution in [0, 0.1) is 0 Å². The van der Waals surface area contributed by atoms with Gasteiger partial charge in [0.1, 0.15) is 5.82 Å². The molecule has 11 nitrogen and oxygen atoms in total. The Labute approximate surface area is 187 Å². The van der Waals surface area contributed by atoms with Gasteiger partial charge in [0.05, 0.1) is 24.2 Å². The summed E-state index contributed by atoms with van der Waals surface area (Å²) in [5.74, 6) is 1.77. The maximum absolute atomic E-state index is 12.3. The first-order valence-corrected chi connectivity index (χ1v) is 12.5. The number of rotatable bonds is 5. The molecule has 0 aromatic carbocycles. The Morgan fingerprint density at radius 1 is 1.12 bits per heavy atom. The summed E-state index contributed by atoms with van der Waals surface area (Å²) in [5.41, 5.74) is 8.36. The minimum atomic E-state index is -3.28. The maximum atomic E-state index is 12.3. The van der Waals surface area contributed by atoms with Crippen molar-refractivity contribution in [3.63, 3.8) is 0 Å². The van der Waals surface area contributed by atoms with Crippen LogP contribution in [-0.2, 0) is 21.2 Å². The van der Waals surface area contributed by atoms with Gasteiger partial charge >= 0.3 is 0 Å². The molecule has 2 aromatic heterocycles. The van der Waals surface area contributed by atoms with Gasteiger partial charge in [0, 0.05) is 49.2 Å². The number of hydrogen-bond acceptors (Lipinski definition) is 10. The van der Waals surface area contributed by atoms with E-state index in [2.05, 4.69) is 24.5 Å². The molecule has 12 heteroatoms. The Balaban J connectivity index is 1.52. The van der Waals surface area contributed by atoms with Crippen LogP contribution >= 0.6 is 0 Å². The highest BCUT2D eigenvalue weighted by Crippen LogP contribution is 2.40. The third kappa shape index (κ3) is 3.86. The standard InChI is InChI=1S/C20H28N8O3S/c1-22-32(29,30)15-3-2-14(10-15)28-5-4-16-17(13-11-23-19(21)24-12-13)25-20(26-18(16)28)27-6-8-31-9-7-27/h11-12,14-15,22H,2-10H2,1H3,(H2,21,23,24). The van der Waals surface area contributed by atoms with Gasteiger partial charge in [-0.3, -0.25) is 0 Å². The number of nitrogens with zero attached hydrogens (tertiary/aromatic N) is 6. The van der Waals surface area contributed by atoms with Gasteiger partial charge in [0.2, 0.25) is 21.9 Å². The first-order valence-electron chi connectivity index (χ1n) is 11.0. The predicted octanol–water partition coefficient (Wildman–Crippen LogP) is 0.185. The molecule has 4 heterocycles. The molecule has 2 fully saturated rings. The second kappa shape index (κ2) is 8.41. The molecule has 3 N–H and O–H groups in total. The summed E-state index contributed by atoms with van der Waals surface area (Å²) in [5, 5.41) is -0.368. The van der Waals surface area contributed by atoms with Crippen LogP contribution in [0.25, 0.3) is 11.3 Å². The van der Waals surface area contributed by atoms with Crippen LogP contribution in [0.15, 0.2) is 12.4 Å². The van der Waals surface area contributed by atoms with Crippen molar-refractivity contribution in [1.82, 2.24) is 24.7 Å². The number of ether oxygens (including phenoxy) is 1. The van der Waals surface area contributed by atoms with Crippen LogP contribution < -0.4 is 20.3 Å². The lowest BCUT2D eigenvalue weighted by molar-refractivity contribution is 0.122. The molecule has 2 aromatic rings. The fourth-order valence-corrected chi connectivity index (χ4v) is 6.13. The van der Waals surface area contributed by atoms with E-state index in [4.69, 9.17) is 20.4 Å². The van der Waals surface area contributed by atoms with Crippen LogP contribution in [0.2, 0.25) is 0 Å². The molecule has 172 valence electrons. The van der Waals surface area contributed by atoms with Crippen molar-refractivity contribution in [1.29, 1.82) is 0 Å². The Morgan fingerprint density at radius 3 is 2.59 bits per heavy atom. The average molecular weight is 461 g/mol. The summed E-state index contributed by atoms with van der Waals surface area (Å²) >= 11 is 0. The zero-order valence-corrected chi connectivity index (χ0v) is 18.9. The molecule has 2 unspecified atom stereocenters. The van der Waals surface area contributed by atoms with Crippen LogP contribution in [0.5, 0.6) is 0 Å². The summed E-state index contributed by atoms with van der Waals surface area (Å²) in [6.45, 7) is 3.51. The molecule has 0 bridgehead atoms. The summed E-state index contributed by atoms with van der Waals surface area (Å²) in [7, 11) is -1.80. The van der Waals surface area contributed by atoms with E-state index in [1.54, 1.807) is 12.4 Å². The fraction of sp³-hybridized carbons (Fsp3) is 0.600. The Hall–Kier alpha value is -2.57. The van der Waals surface area contributed by atoms with E-state index < -0.39 is 10.0 Å². The maximum Gasteiger partial charge on any atom is 0.228 e. The SMILES string of the molecule is CNS(=O)(=O)C1CCC(N2CCc3c(-c4cnc(N)nc4)nc(N4CCOCC4)nc32)C1. The van der Waals surface area contributed by atoms with Crippen molar-refractivity contribution in [2.45, 2.75) is 37.0 Å². The van der Waals surface area contributed by atoms with E-state index in [1.807, 2.05) is 0 Å². The van der Waals surface area contributed by atoms with E-state index in [0.29, 0.717) is 32.0 Å². The van der Waals surface area contributed by atoms with E-state index in [0.717, 1.165) is 55.1 Å². The fourth-order valence-electron chi connectivity index (χ4n) is 4.87. The Bertz CT molecular complexity index is 1090. The molecule has 0 amide bonds. The minimum absolute atomic E-state index is 0.132. The first kappa shape index (κ1) is 21.3.